The van der Waals surface area contributed by atoms with Gasteiger partial charge >= 0.3 is 19.8 Å². The van der Waals surface area contributed by atoms with E-state index in [0.717, 1.165) is 25.7 Å². The van der Waals surface area contributed by atoms with Gasteiger partial charge in [0.05, 0.1) is 18.8 Å². The molecular formula is C44H75O10P. The fourth-order valence-corrected chi connectivity index (χ4v) is 5.88. The number of allylic oxidation sites excluding steroid dienone is 8. The number of ether oxygens (including phenoxy) is 2. The average Bonchev–Trinajstić information content (AvgIpc) is 3.14. The number of unbranched alkanes of at least 4 members (excludes halogenated alkanes) is 15. The van der Waals surface area contributed by atoms with Gasteiger partial charge in [-0.2, -0.15) is 0 Å². The van der Waals surface area contributed by atoms with Gasteiger partial charge in [-0.15, -0.1) is 0 Å². The summed E-state index contributed by atoms with van der Waals surface area (Å²) in [7, 11) is -4.80. The summed E-state index contributed by atoms with van der Waals surface area (Å²) in [5.74, 6) is -1.05. The Morgan fingerprint density at radius 3 is 1.58 bits per heavy atom. The maximum atomic E-state index is 12.4. The third-order valence-corrected chi connectivity index (χ3v) is 9.15. The summed E-state index contributed by atoms with van der Waals surface area (Å²) >= 11 is 0. The Bertz CT molecular complexity index is 1150. The lowest BCUT2D eigenvalue weighted by Crippen LogP contribution is -2.29. The highest BCUT2D eigenvalue weighted by molar-refractivity contribution is 7.46. The SMILES string of the molecule is CC/C=C\C[C@@H](O)/C=C/C=C\C=C\[C@@H](O)C/C=C\C/C=C\CCC(=O)OC[C@H](COP(=O)(O)O)OC(=O)CCCCCCCCCCCCCCCCCC. The molecular weight excluding hydrogens is 719 g/mol. The molecule has 0 heterocycles. The molecule has 0 aliphatic rings. The number of phosphoric ester groups is 1. The van der Waals surface area contributed by atoms with E-state index in [4.69, 9.17) is 19.3 Å². The standard InChI is InChI=1S/C44H75O10P/c1-3-5-7-8-9-10-11-12-13-14-15-16-17-18-23-31-37-44(48)54-42(39-53-55(49,50)51)38-52-43(47)36-30-22-20-19-21-27-33-41(46)35-29-25-24-28-34-40(45)32-26-6-4-2/h6,20-22,24-29,34-35,40-42,45-46H,3-5,7-19,23,30-33,36-39H2,1-2H3,(H2,49,50,51)/b22-20-,25-24-,26-6-,27-21-,34-28+,35-29+/t40-,41+,42-/m1/s1. The third-order valence-electron chi connectivity index (χ3n) is 8.67. The Labute approximate surface area is 333 Å². The number of hydrogen-bond acceptors (Lipinski definition) is 8. The molecule has 0 aromatic rings. The highest BCUT2D eigenvalue weighted by Gasteiger charge is 2.22. The van der Waals surface area contributed by atoms with Crippen molar-refractivity contribution in [2.24, 2.45) is 0 Å². The number of aliphatic hydroxyl groups is 2. The Morgan fingerprint density at radius 2 is 1.07 bits per heavy atom. The second kappa shape index (κ2) is 38.3. The Morgan fingerprint density at radius 1 is 0.582 bits per heavy atom. The molecule has 0 unspecified atom stereocenters. The highest BCUT2D eigenvalue weighted by atomic mass is 31.2. The van der Waals surface area contributed by atoms with Crippen LogP contribution in [0, 0.1) is 0 Å². The van der Waals surface area contributed by atoms with Crippen molar-refractivity contribution in [2.45, 2.75) is 180 Å². The van der Waals surface area contributed by atoms with Gasteiger partial charge in [-0.3, -0.25) is 14.1 Å². The molecule has 0 spiro atoms. The predicted molar refractivity (Wildman–Crippen MR) is 223 cm³/mol. The number of hydrogen-bond donors (Lipinski definition) is 4. The zero-order valence-corrected chi connectivity index (χ0v) is 34.9. The minimum Gasteiger partial charge on any atom is -0.462 e. The number of carbonyl (C=O) groups excluding carboxylic acids is 2. The summed E-state index contributed by atoms with van der Waals surface area (Å²) in [6, 6.07) is 0. The van der Waals surface area contributed by atoms with E-state index in [2.05, 4.69) is 11.4 Å². The molecule has 0 fully saturated rings. The summed E-state index contributed by atoms with van der Waals surface area (Å²) in [5.41, 5.74) is 0. The van der Waals surface area contributed by atoms with E-state index in [1.807, 2.05) is 43.4 Å². The van der Waals surface area contributed by atoms with E-state index >= 15 is 0 Å². The third kappa shape index (κ3) is 40.9. The Hall–Kier alpha value is -2.59. The van der Waals surface area contributed by atoms with E-state index in [1.165, 1.54) is 77.0 Å². The fourth-order valence-electron chi connectivity index (χ4n) is 5.51. The highest BCUT2D eigenvalue weighted by Crippen LogP contribution is 2.36. The molecule has 316 valence electrons. The number of carbonyl (C=O) groups is 2. The van der Waals surface area contributed by atoms with Gasteiger partial charge in [0.1, 0.15) is 6.61 Å². The molecule has 0 aromatic carbocycles. The number of phosphoric acid groups is 1. The molecule has 0 saturated carbocycles. The molecule has 4 N–H and O–H groups in total. The molecule has 11 heteroatoms. The molecule has 10 nitrogen and oxygen atoms in total. The van der Waals surface area contributed by atoms with E-state index in [9.17, 15) is 24.4 Å². The first-order chi connectivity index (χ1) is 26.6. The molecule has 0 bridgehead atoms. The van der Waals surface area contributed by atoms with Crippen molar-refractivity contribution in [3.8, 4) is 0 Å². The van der Waals surface area contributed by atoms with Crippen molar-refractivity contribution >= 4 is 19.8 Å². The van der Waals surface area contributed by atoms with Crippen molar-refractivity contribution < 1.29 is 48.2 Å². The summed E-state index contributed by atoms with van der Waals surface area (Å²) in [6.45, 7) is 3.35. The van der Waals surface area contributed by atoms with Gasteiger partial charge in [0, 0.05) is 12.8 Å². The first-order valence-corrected chi connectivity index (χ1v) is 22.5. The number of rotatable bonds is 37. The van der Waals surface area contributed by atoms with E-state index in [1.54, 1.807) is 36.5 Å². The lowest BCUT2D eigenvalue weighted by atomic mass is 10.0. The van der Waals surface area contributed by atoms with Crippen LogP contribution in [0.4, 0.5) is 0 Å². The number of esters is 2. The predicted octanol–water partition coefficient (Wildman–Crippen LogP) is 10.6. The quantitative estimate of drug-likeness (QED) is 0.0157. The van der Waals surface area contributed by atoms with Crippen LogP contribution < -0.4 is 0 Å². The van der Waals surface area contributed by atoms with Gasteiger partial charge in [0.2, 0.25) is 0 Å². The fraction of sp³-hybridized carbons (Fsp3) is 0.682. The van der Waals surface area contributed by atoms with Crippen molar-refractivity contribution in [1.29, 1.82) is 0 Å². The summed E-state index contributed by atoms with van der Waals surface area (Å²) in [6.07, 6.45) is 42.7. The summed E-state index contributed by atoms with van der Waals surface area (Å²) in [4.78, 5) is 42.8. The number of aliphatic hydroxyl groups excluding tert-OH is 2. The van der Waals surface area contributed by atoms with Crippen LogP contribution in [0.25, 0.3) is 0 Å². The van der Waals surface area contributed by atoms with Gasteiger partial charge < -0.3 is 29.5 Å². The van der Waals surface area contributed by atoms with Gasteiger partial charge in [-0.1, -0.05) is 183 Å². The molecule has 0 aliphatic carbocycles. The maximum Gasteiger partial charge on any atom is 0.469 e. The second-order valence-electron chi connectivity index (χ2n) is 14.0. The van der Waals surface area contributed by atoms with Crippen LogP contribution in [0.2, 0.25) is 0 Å². The molecule has 0 rings (SSSR count). The van der Waals surface area contributed by atoms with Crippen LogP contribution in [0.15, 0.2) is 72.9 Å². The largest absolute Gasteiger partial charge is 0.469 e. The lowest BCUT2D eigenvalue weighted by Gasteiger charge is -2.18. The Balaban J connectivity index is 4.16. The smallest absolute Gasteiger partial charge is 0.462 e. The monoisotopic (exact) mass is 795 g/mol. The van der Waals surface area contributed by atoms with E-state index in [-0.39, 0.29) is 19.4 Å². The zero-order valence-electron chi connectivity index (χ0n) is 34.0. The van der Waals surface area contributed by atoms with Gasteiger partial charge in [0.15, 0.2) is 6.10 Å². The average molecular weight is 795 g/mol. The van der Waals surface area contributed by atoms with Gasteiger partial charge in [-0.05, 0) is 38.5 Å². The molecule has 0 saturated heterocycles. The van der Waals surface area contributed by atoms with Crippen molar-refractivity contribution in [3.63, 3.8) is 0 Å². The first kappa shape index (κ1) is 52.4. The molecule has 0 aliphatic heterocycles. The van der Waals surface area contributed by atoms with E-state index in [0.29, 0.717) is 32.1 Å². The topological polar surface area (TPSA) is 160 Å². The Kier molecular flexibility index (Phi) is 36.5. The molecule has 0 radical (unpaired) electrons. The van der Waals surface area contributed by atoms with Crippen LogP contribution in [0.3, 0.4) is 0 Å². The van der Waals surface area contributed by atoms with Crippen molar-refractivity contribution in [1.82, 2.24) is 0 Å². The first-order valence-electron chi connectivity index (χ1n) is 20.9. The van der Waals surface area contributed by atoms with Gasteiger partial charge in [-0.25, -0.2) is 4.57 Å². The summed E-state index contributed by atoms with van der Waals surface area (Å²) < 4.78 is 26.3. The normalized spacial score (nSPS) is 14.4. The van der Waals surface area contributed by atoms with Crippen LogP contribution >= 0.6 is 7.82 Å². The summed E-state index contributed by atoms with van der Waals surface area (Å²) in [5, 5.41) is 19.9. The molecule has 3 atom stereocenters. The van der Waals surface area contributed by atoms with Crippen LogP contribution in [-0.2, 0) is 28.2 Å². The molecule has 55 heavy (non-hydrogen) atoms. The van der Waals surface area contributed by atoms with Crippen molar-refractivity contribution in [3.05, 3.63) is 72.9 Å². The molecule has 0 amide bonds. The van der Waals surface area contributed by atoms with Gasteiger partial charge in [0.25, 0.3) is 0 Å². The van der Waals surface area contributed by atoms with Crippen molar-refractivity contribution in [2.75, 3.05) is 13.2 Å². The minimum absolute atomic E-state index is 0.0838. The van der Waals surface area contributed by atoms with Crippen LogP contribution in [-0.4, -0.2) is 63.5 Å². The molecule has 0 aromatic heterocycles. The lowest BCUT2D eigenvalue weighted by molar-refractivity contribution is -0.161. The second-order valence-corrected chi connectivity index (χ2v) is 15.2. The minimum atomic E-state index is -4.80. The maximum absolute atomic E-state index is 12.4. The van der Waals surface area contributed by atoms with Crippen LogP contribution in [0.5, 0.6) is 0 Å². The van der Waals surface area contributed by atoms with E-state index < -0.39 is 44.7 Å². The zero-order chi connectivity index (χ0) is 40.7. The van der Waals surface area contributed by atoms with Crippen LogP contribution in [0.1, 0.15) is 162 Å².